The van der Waals surface area contributed by atoms with E-state index < -0.39 is 5.60 Å². The number of hydrogen-bond acceptors (Lipinski definition) is 3. The molecule has 1 rings (SSSR count). The van der Waals surface area contributed by atoms with Gasteiger partial charge in [-0.25, -0.2) is 0 Å². The highest BCUT2D eigenvalue weighted by molar-refractivity contribution is 6.35. The number of aliphatic hydroxyl groups is 1. The molecule has 3 N–H and O–H groups in total. The van der Waals surface area contributed by atoms with Crippen molar-refractivity contribution < 1.29 is 9.84 Å². The van der Waals surface area contributed by atoms with Crippen LogP contribution in [0.5, 0.6) is 5.75 Å². The number of halogens is 2. The molecule has 90 valence electrons. The summed E-state index contributed by atoms with van der Waals surface area (Å²) in [7, 11) is 0. The lowest BCUT2D eigenvalue weighted by molar-refractivity contribution is 0.0453. The van der Waals surface area contributed by atoms with Gasteiger partial charge in [-0.1, -0.05) is 23.2 Å². The minimum absolute atomic E-state index is 0.199. The Morgan fingerprint density at radius 2 is 2.12 bits per heavy atom. The highest BCUT2D eigenvalue weighted by atomic mass is 35.5. The second kappa shape index (κ2) is 5.73. The summed E-state index contributed by atoms with van der Waals surface area (Å²) in [6.07, 6.45) is 0.447. The lowest BCUT2D eigenvalue weighted by atomic mass is 10.0. The number of nitrogens with two attached hydrogens (primary N) is 1. The van der Waals surface area contributed by atoms with Crippen molar-refractivity contribution in [2.45, 2.75) is 18.9 Å². The van der Waals surface area contributed by atoms with E-state index in [1.165, 1.54) is 0 Å². The maximum atomic E-state index is 9.66. The van der Waals surface area contributed by atoms with Gasteiger partial charge in [0, 0.05) is 18.0 Å². The Hall–Kier alpha value is -0.480. The minimum Gasteiger partial charge on any atom is -0.492 e. The van der Waals surface area contributed by atoms with E-state index in [1.54, 1.807) is 25.1 Å². The molecule has 0 saturated heterocycles. The van der Waals surface area contributed by atoms with E-state index >= 15 is 0 Å². The Balaban J connectivity index is 2.49. The normalized spacial score (nSPS) is 14.6. The zero-order valence-electron chi connectivity index (χ0n) is 9.04. The zero-order chi connectivity index (χ0) is 12.2. The molecule has 0 amide bonds. The fourth-order valence-corrected chi connectivity index (χ4v) is 1.54. The van der Waals surface area contributed by atoms with Crippen LogP contribution in [0, 0.1) is 0 Å². The molecule has 0 aromatic heterocycles. The van der Waals surface area contributed by atoms with Crippen molar-refractivity contribution in [3.63, 3.8) is 0 Å². The molecule has 0 radical (unpaired) electrons. The topological polar surface area (TPSA) is 55.5 Å². The van der Waals surface area contributed by atoms with Crippen molar-refractivity contribution in [1.29, 1.82) is 0 Å². The first-order valence-electron chi connectivity index (χ1n) is 4.95. The highest BCUT2D eigenvalue weighted by Gasteiger charge is 2.17. The van der Waals surface area contributed by atoms with Gasteiger partial charge in [-0.2, -0.15) is 0 Å². The molecule has 5 heteroatoms. The Morgan fingerprint density at radius 3 is 2.69 bits per heavy atom. The first kappa shape index (κ1) is 13.6. The Bertz CT molecular complexity index is 356. The Labute approximate surface area is 105 Å². The predicted molar refractivity (Wildman–Crippen MR) is 66.3 cm³/mol. The maximum Gasteiger partial charge on any atom is 0.137 e. The molecule has 0 heterocycles. The van der Waals surface area contributed by atoms with Gasteiger partial charge in [-0.05, 0) is 25.1 Å². The molecule has 0 bridgehead atoms. The van der Waals surface area contributed by atoms with Crippen molar-refractivity contribution in [2.24, 2.45) is 5.73 Å². The standard InChI is InChI=1S/C11H15Cl2NO2/c1-11(15,7-14)4-5-16-10-3-2-8(12)6-9(10)13/h2-3,6,15H,4-5,7,14H2,1H3. The third-order valence-electron chi connectivity index (χ3n) is 2.23. The van der Waals surface area contributed by atoms with Crippen LogP contribution in [0.4, 0.5) is 0 Å². The highest BCUT2D eigenvalue weighted by Crippen LogP contribution is 2.27. The lowest BCUT2D eigenvalue weighted by Gasteiger charge is -2.20. The van der Waals surface area contributed by atoms with Gasteiger partial charge in [0.1, 0.15) is 5.75 Å². The van der Waals surface area contributed by atoms with Crippen molar-refractivity contribution in [2.75, 3.05) is 13.2 Å². The molecule has 1 aromatic rings. The molecular weight excluding hydrogens is 249 g/mol. The minimum atomic E-state index is -0.904. The van der Waals surface area contributed by atoms with Gasteiger partial charge in [0.2, 0.25) is 0 Å². The largest absolute Gasteiger partial charge is 0.492 e. The molecule has 0 saturated carbocycles. The molecule has 1 atom stereocenters. The summed E-state index contributed by atoms with van der Waals surface area (Å²) in [6, 6.07) is 5.01. The quantitative estimate of drug-likeness (QED) is 0.858. The summed E-state index contributed by atoms with van der Waals surface area (Å²) >= 11 is 11.7. The smallest absolute Gasteiger partial charge is 0.137 e. The van der Waals surface area contributed by atoms with Gasteiger partial charge in [0.05, 0.1) is 17.2 Å². The van der Waals surface area contributed by atoms with Crippen molar-refractivity contribution in [1.82, 2.24) is 0 Å². The van der Waals surface area contributed by atoms with Crippen molar-refractivity contribution in [3.8, 4) is 5.75 Å². The van der Waals surface area contributed by atoms with E-state index in [0.717, 1.165) is 0 Å². The van der Waals surface area contributed by atoms with Gasteiger partial charge < -0.3 is 15.6 Å². The average Bonchev–Trinajstić information content (AvgIpc) is 2.21. The molecule has 0 aliphatic heterocycles. The van der Waals surface area contributed by atoms with Crippen LogP contribution in [-0.2, 0) is 0 Å². The van der Waals surface area contributed by atoms with Crippen LogP contribution in [0.1, 0.15) is 13.3 Å². The van der Waals surface area contributed by atoms with Crippen LogP contribution >= 0.6 is 23.2 Å². The monoisotopic (exact) mass is 263 g/mol. The fraction of sp³-hybridized carbons (Fsp3) is 0.455. The van der Waals surface area contributed by atoms with E-state index in [9.17, 15) is 5.11 Å². The number of hydrogen-bond donors (Lipinski definition) is 2. The molecule has 1 aromatic carbocycles. The van der Waals surface area contributed by atoms with Crippen LogP contribution in [0.2, 0.25) is 10.0 Å². The van der Waals surface area contributed by atoms with E-state index in [0.29, 0.717) is 28.8 Å². The summed E-state index contributed by atoms with van der Waals surface area (Å²) in [6.45, 7) is 2.22. The molecule has 3 nitrogen and oxygen atoms in total. The van der Waals surface area contributed by atoms with Crippen LogP contribution in [-0.4, -0.2) is 23.9 Å². The molecule has 16 heavy (non-hydrogen) atoms. The van der Waals surface area contributed by atoms with E-state index in [1.807, 2.05) is 0 Å². The summed E-state index contributed by atoms with van der Waals surface area (Å²) in [5.41, 5.74) is 4.48. The molecule has 0 aliphatic rings. The summed E-state index contributed by atoms with van der Waals surface area (Å²) in [4.78, 5) is 0. The van der Waals surface area contributed by atoms with Crippen molar-refractivity contribution >= 4 is 23.2 Å². The third-order valence-corrected chi connectivity index (χ3v) is 2.76. The SMILES string of the molecule is CC(O)(CN)CCOc1ccc(Cl)cc1Cl. The predicted octanol–water partition coefficient (Wildman–Crippen LogP) is 2.47. The summed E-state index contributed by atoms with van der Waals surface area (Å²) in [5.74, 6) is 0.555. The zero-order valence-corrected chi connectivity index (χ0v) is 10.6. The summed E-state index contributed by atoms with van der Waals surface area (Å²) < 4.78 is 5.42. The number of ether oxygens (including phenoxy) is 1. The molecule has 0 fully saturated rings. The average molecular weight is 264 g/mol. The van der Waals surface area contributed by atoms with Crippen LogP contribution in [0.25, 0.3) is 0 Å². The fourth-order valence-electron chi connectivity index (χ4n) is 1.08. The van der Waals surface area contributed by atoms with E-state index in [4.69, 9.17) is 33.7 Å². The Morgan fingerprint density at radius 1 is 1.44 bits per heavy atom. The van der Waals surface area contributed by atoms with Gasteiger partial charge in [-0.3, -0.25) is 0 Å². The van der Waals surface area contributed by atoms with Gasteiger partial charge in [0.15, 0.2) is 0 Å². The van der Waals surface area contributed by atoms with E-state index in [2.05, 4.69) is 0 Å². The first-order chi connectivity index (χ1) is 7.44. The molecular formula is C11H15Cl2NO2. The van der Waals surface area contributed by atoms with Crippen LogP contribution in [0.15, 0.2) is 18.2 Å². The maximum absolute atomic E-state index is 9.66. The van der Waals surface area contributed by atoms with Gasteiger partial charge in [-0.15, -0.1) is 0 Å². The molecule has 0 spiro atoms. The van der Waals surface area contributed by atoms with Gasteiger partial charge in [0.25, 0.3) is 0 Å². The number of benzene rings is 1. The van der Waals surface area contributed by atoms with E-state index in [-0.39, 0.29) is 6.54 Å². The molecule has 0 aliphatic carbocycles. The summed E-state index contributed by atoms with van der Waals surface area (Å²) in [5, 5.41) is 10.7. The van der Waals surface area contributed by atoms with Crippen LogP contribution in [0.3, 0.4) is 0 Å². The van der Waals surface area contributed by atoms with Crippen molar-refractivity contribution in [3.05, 3.63) is 28.2 Å². The first-order valence-corrected chi connectivity index (χ1v) is 5.70. The van der Waals surface area contributed by atoms with Crippen LogP contribution < -0.4 is 10.5 Å². The molecule has 1 unspecified atom stereocenters. The number of rotatable bonds is 5. The third kappa shape index (κ3) is 4.18. The van der Waals surface area contributed by atoms with Gasteiger partial charge >= 0.3 is 0 Å². The second-order valence-electron chi connectivity index (χ2n) is 3.87. The Kier molecular flexibility index (Phi) is 4.87. The lowest BCUT2D eigenvalue weighted by Crippen LogP contribution is -2.35. The second-order valence-corrected chi connectivity index (χ2v) is 4.72.